The predicted molar refractivity (Wildman–Crippen MR) is 70.4 cm³/mol. The first kappa shape index (κ1) is 13.0. The highest BCUT2D eigenvalue weighted by molar-refractivity contribution is 9.10. The Bertz CT molecular complexity index is 402. The largest absolute Gasteiger partial charge is 0.399 e. The summed E-state index contributed by atoms with van der Waals surface area (Å²) in [5.74, 6) is -0.106. The molecule has 0 aliphatic heterocycles. The van der Waals surface area contributed by atoms with Gasteiger partial charge in [-0.05, 0) is 54.4 Å². The first-order valence-corrected chi connectivity index (χ1v) is 6.02. The number of carbonyl (C=O) groups is 1. The average Bonchev–Trinajstić information content (AvgIpc) is 2.21. The second-order valence-electron chi connectivity index (χ2n) is 4.43. The molecule has 0 atom stereocenters. The third-order valence-corrected chi connectivity index (χ3v) is 3.26. The topological polar surface area (TPSA) is 55.1 Å². The summed E-state index contributed by atoms with van der Waals surface area (Å²) in [5, 5.41) is 2.97. The van der Waals surface area contributed by atoms with Crippen LogP contribution in [-0.2, 0) is 0 Å². The van der Waals surface area contributed by atoms with Gasteiger partial charge in [-0.15, -0.1) is 0 Å². The minimum Gasteiger partial charge on any atom is -0.399 e. The Kier molecular flexibility index (Phi) is 3.97. The molecule has 1 rings (SSSR count). The van der Waals surface area contributed by atoms with Gasteiger partial charge in [-0.3, -0.25) is 4.79 Å². The smallest absolute Gasteiger partial charge is 0.252 e. The summed E-state index contributed by atoms with van der Waals surface area (Å²) in [5.41, 5.74) is 6.61. The molecule has 0 aromatic heterocycles. The van der Waals surface area contributed by atoms with E-state index in [0.717, 1.165) is 10.9 Å². The number of hydrogen-bond donors (Lipinski definition) is 2. The molecule has 3 nitrogen and oxygen atoms in total. The van der Waals surface area contributed by atoms with E-state index in [0.29, 0.717) is 11.3 Å². The van der Waals surface area contributed by atoms with E-state index >= 15 is 0 Å². The van der Waals surface area contributed by atoms with Gasteiger partial charge in [-0.2, -0.15) is 0 Å². The van der Waals surface area contributed by atoms with Crippen molar-refractivity contribution in [1.82, 2.24) is 5.32 Å². The fourth-order valence-electron chi connectivity index (χ4n) is 1.18. The normalized spacial score (nSPS) is 11.2. The molecule has 0 aliphatic rings. The molecule has 1 amide bonds. The maximum absolute atomic E-state index is 12.0. The Morgan fingerprint density at radius 2 is 2.12 bits per heavy atom. The number of halogens is 1. The zero-order chi connectivity index (χ0) is 12.3. The lowest BCUT2D eigenvalue weighted by Gasteiger charge is -2.24. The van der Waals surface area contributed by atoms with Gasteiger partial charge < -0.3 is 11.1 Å². The summed E-state index contributed by atoms with van der Waals surface area (Å²) in [6.45, 7) is 6.02. The number of benzene rings is 1. The SMILES string of the molecule is CCC(C)(C)NC(=O)c1cc(N)ccc1Br. The Hall–Kier alpha value is -1.03. The lowest BCUT2D eigenvalue weighted by molar-refractivity contribution is 0.0910. The van der Waals surface area contributed by atoms with Crippen molar-refractivity contribution in [2.24, 2.45) is 0 Å². The van der Waals surface area contributed by atoms with Crippen molar-refractivity contribution >= 4 is 27.5 Å². The van der Waals surface area contributed by atoms with Gasteiger partial charge in [0.2, 0.25) is 0 Å². The summed E-state index contributed by atoms with van der Waals surface area (Å²) in [4.78, 5) is 12.0. The van der Waals surface area contributed by atoms with E-state index in [1.807, 2.05) is 20.8 Å². The van der Waals surface area contributed by atoms with Crippen LogP contribution in [0, 0.1) is 0 Å². The zero-order valence-electron chi connectivity index (χ0n) is 9.80. The van der Waals surface area contributed by atoms with Crippen molar-refractivity contribution in [1.29, 1.82) is 0 Å². The van der Waals surface area contributed by atoms with Crippen molar-refractivity contribution in [3.05, 3.63) is 28.2 Å². The minimum atomic E-state index is -0.207. The van der Waals surface area contributed by atoms with Crippen LogP contribution in [0.25, 0.3) is 0 Å². The molecule has 0 saturated carbocycles. The van der Waals surface area contributed by atoms with E-state index in [1.54, 1.807) is 18.2 Å². The van der Waals surface area contributed by atoms with E-state index in [-0.39, 0.29) is 11.4 Å². The molecule has 3 N–H and O–H groups in total. The number of amides is 1. The number of anilines is 1. The van der Waals surface area contributed by atoms with E-state index in [2.05, 4.69) is 21.2 Å². The average molecular weight is 285 g/mol. The van der Waals surface area contributed by atoms with Gasteiger partial charge in [0.15, 0.2) is 0 Å². The number of nitrogen functional groups attached to an aromatic ring is 1. The van der Waals surface area contributed by atoms with Crippen LogP contribution in [0.2, 0.25) is 0 Å². The number of nitrogens with two attached hydrogens (primary N) is 1. The highest BCUT2D eigenvalue weighted by atomic mass is 79.9. The van der Waals surface area contributed by atoms with Crippen LogP contribution >= 0.6 is 15.9 Å². The third-order valence-electron chi connectivity index (χ3n) is 2.57. The molecule has 0 unspecified atom stereocenters. The third kappa shape index (κ3) is 3.23. The molecule has 1 aromatic carbocycles. The van der Waals surface area contributed by atoms with Gasteiger partial charge in [0.05, 0.1) is 5.56 Å². The second kappa shape index (κ2) is 4.87. The van der Waals surface area contributed by atoms with E-state index < -0.39 is 0 Å². The molecular formula is C12H17BrN2O. The molecule has 0 saturated heterocycles. The number of carbonyl (C=O) groups excluding carboxylic acids is 1. The van der Waals surface area contributed by atoms with Gasteiger partial charge in [0.25, 0.3) is 5.91 Å². The van der Waals surface area contributed by atoms with E-state index in [9.17, 15) is 4.79 Å². The first-order valence-electron chi connectivity index (χ1n) is 5.23. The van der Waals surface area contributed by atoms with Crippen molar-refractivity contribution < 1.29 is 4.79 Å². The highest BCUT2D eigenvalue weighted by Gasteiger charge is 2.20. The molecule has 0 bridgehead atoms. The van der Waals surface area contributed by atoms with Crippen LogP contribution in [-0.4, -0.2) is 11.4 Å². The van der Waals surface area contributed by atoms with Crippen LogP contribution in [0.15, 0.2) is 22.7 Å². The monoisotopic (exact) mass is 284 g/mol. The molecule has 16 heavy (non-hydrogen) atoms. The van der Waals surface area contributed by atoms with Crippen LogP contribution in [0.3, 0.4) is 0 Å². The Labute approximate surface area is 105 Å². The lowest BCUT2D eigenvalue weighted by atomic mass is 10.0. The van der Waals surface area contributed by atoms with Gasteiger partial charge in [-0.1, -0.05) is 6.92 Å². The van der Waals surface area contributed by atoms with Crippen LogP contribution in [0.1, 0.15) is 37.6 Å². The molecule has 0 heterocycles. The van der Waals surface area contributed by atoms with Gasteiger partial charge in [0.1, 0.15) is 0 Å². The summed E-state index contributed by atoms with van der Waals surface area (Å²) in [7, 11) is 0. The van der Waals surface area contributed by atoms with Crippen molar-refractivity contribution in [3.63, 3.8) is 0 Å². The van der Waals surface area contributed by atoms with E-state index in [1.165, 1.54) is 0 Å². The summed E-state index contributed by atoms with van der Waals surface area (Å²) in [6.07, 6.45) is 0.874. The number of nitrogens with one attached hydrogen (secondary N) is 1. The Balaban J connectivity index is 2.93. The Morgan fingerprint density at radius 3 is 2.69 bits per heavy atom. The maximum atomic E-state index is 12.0. The maximum Gasteiger partial charge on any atom is 0.252 e. The van der Waals surface area contributed by atoms with Crippen molar-refractivity contribution in [2.45, 2.75) is 32.7 Å². The van der Waals surface area contributed by atoms with Gasteiger partial charge in [-0.25, -0.2) is 0 Å². The predicted octanol–water partition coefficient (Wildman–Crippen LogP) is 2.95. The van der Waals surface area contributed by atoms with Crippen LogP contribution in [0.5, 0.6) is 0 Å². The highest BCUT2D eigenvalue weighted by Crippen LogP contribution is 2.20. The minimum absolute atomic E-state index is 0.106. The van der Waals surface area contributed by atoms with Crippen LogP contribution < -0.4 is 11.1 Å². The van der Waals surface area contributed by atoms with E-state index in [4.69, 9.17) is 5.73 Å². The van der Waals surface area contributed by atoms with Crippen molar-refractivity contribution in [2.75, 3.05) is 5.73 Å². The molecule has 0 fully saturated rings. The lowest BCUT2D eigenvalue weighted by Crippen LogP contribution is -2.42. The first-order chi connectivity index (χ1) is 7.35. The summed E-state index contributed by atoms with van der Waals surface area (Å²) < 4.78 is 0.756. The quantitative estimate of drug-likeness (QED) is 0.839. The number of hydrogen-bond acceptors (Lipinski definition) is 2. The summed E-state index contributed by atoms with van der Waals surface area (Å²) in [6, 6.07) is 5.21. The summed E-state index contributed by atoms with van der Waals surface area (Å²) >= 11 is 3.34. The molecule has 0 spiro atoms. The van der Waals surface area contributed by atoms with Crippen LogP contribution in [0.4, 0.5) is 5.69 Å². The standard InChI is InChI=1S/C12H17BrN2O/c1-4-12(2,3)15-11(16)9-7-8(14)5-6-10(9)13/h5-7H,4,14H2,1-3H3,(H,15,16). The van der Waals surface area contributed by atoms with Gasteiger partial charge >= 0.3 is 0 Å². The molecule has 0 radical (unpaired) electrons. The molecule has 88 valence electrons. The molecule has 0 aliphatic carbocycles. The second-order valence-corrected chi connectivity index (χ2v) is 5.29. The van der Waals surface area contributed by atoms with Gasteiger partial charge in [0, 0.05) is 15.7 Å². The van der Waals surface area contributed by atoms with Crippen molar-refractivity contribution in [3.8, 4) is 0 Å². The zero-order valence-corrected chi connectivity index (χ0v) is 11.4. The number of rotatable bonds is 3. The fourth-order valence-corrected chi connectivity index (χ4v) is 1.61. The fraction of sp³-hybridized carbons (Fsp3) is 0.417. The Morgan fingerprint density at radius 1 is 1.50 bits per heavy atom. The molecular weight excluding hydrogens is 268 g/mol. The molecule has 1 aromatic rings. The molecule has 4 heteroatoms.